The first-order valence-corrected chi connectivity index (χ1v) is 11.2. The van der Waals surface area contributed by atoms with Crippen LogP contribution in [-0.4, -0.2) is 25.5 Å². The Kier molecular flexibility index (Phi) is 5.91. The first kappa shape index (κ1) is 21.6. The van der Waals surface area contributed by atoms with Gasteiger partial charge in [-0.2, -0.15) is 0 Å². The summed E-state index contributed by atoms with van der Waals surface area (Å²) in [6.07, 6.45) is 3.58. The Morgan fingerprint density at radius 3 is 2.38 bits per heavy atom. The number of aromatic nitrogens is 4. The van der Waals surface area contributed by atoms with Gasteiger partial charge in [0.05, 0.1) is 23.5 Å². The number of hydrogen-bond acceptors (Lipinski definition) is 6. The molecule has 7 heteroatoms. The molecular weight excluding hydrogens is 428 g/mol. The molecule has 0 atom stereocenters. The third kappa shape index (κ3) is 4.45. The lowest BCUT2D eigenvalue weighted by molar-refractivity contribution is -0.132. The Labute approximate surface area is 197 Å². The maximum atomic E-state index is 12.0. The monoisotopic (exact) mass is 452 g/mol. The van der Waals surface area contributed by atoms with Gasteiger partial charge in [0.25, 0.3) is 0 Å². The fourth-order valence-corrected chi connectivity index (χ4v) is 3.92. The molecule has 2 aromatic carbocycles. The van der Waals surface area contributed by atoms with E-state index in [1.165, 1.54) is 6.92 Å². The van der Waals surface area contributed by atoms with Crippen LogP contribution in [0.1, 0.15) is 42.3 Å². The van der Waals surface area contributed by atoms with Gasteiger partial charge in [0.2, 0.25) is 5.88 Å². The van der Waals surface area contributed by atoms with Crippen molar-refractivity contribution in [1.82, 2.24) is 19.5 Å². The minimum atomic E-state index is -0.419. The largest absolute Gasteiger partial charge is 0.407 e. The molecule has 0 radical (unpaired) electrons. The fourth-order valence-electron chi connectivity index (χ4n) is 3.92. The second kappa shape index (κ2) is 9.31. The second-order valence-corrected chi connectivity index (χ2v) is 8.07. The summed E-state index contributed by atoms with van der Waals surface area (Å²) < 4.78 is 13.0. The Morgan fingerprint density at radius 1 is 0.971 bits per heavy atom. The molecule has 0 aliphatic rings. The number of carbonyl (C=O) groups excluding carboxylic acids is 1. The molecule has 34 heavy (non-hydrogen) atoms. The first-order chi connectivity index (χ1) is 16.6. The zero-order valence-electron chi connectivity index (χ0n) is 19.1. The van der Waals surface area contributed by atoms with Crippen LogP contribution >= 0.6 is 0 Å². The third-order valence-electron chi connectivity index (χ3n) is 5.54. The molecule has 0 saturated carbocycles. The van der Waals surface area contributed by atoms with E-state index in [0.29, 0.717) is 35.8 Å². The molecule has 170 valence electrons. The van der Waals surface area contributed by atoms with Crippen molar-refractivity contribution in [2.45, 2.75) is 33.1 Å². The van der Waals surface area contributed by atoms with Gasteiger partial charge < -0.3 is 9.26 Å². The van der Waals surface area contributed by atoms with Gasteiger partial charge in [-0.3, -0.25) is 9.20 Å². The Balaban J connectivity index is 1.69. The highest BCUT2D eigenvalue weighted by molar-refractivity contribution is 5.70. The highest BCUT2D eigenvalue weighted by Gasteiger charge is 2.22. The number of hydrogen-bond donors (Lipinski definition) is 0. The van der Waals surface area contributed by atoms with E-state index in [2.05, 4.69) is 17.3 Å². The Hall–Kier alpha value is -4.26. The molecule has 3 aromatic heterocycles. The summed E-state index contributed by atoms with van der Waals surface area (Å²) in [4.78, 5) is 21.9. The standard InChI is InChI=1S/C27H24N4O3/c1-3-21-15-22(34-30-21)16-24-27(33-18(2)32)31-17-25(20-12-8-5-9-13-20)28-23(26(31)29-24)14-19-10-6-4-7-11-19/h4-13,15,17H,3,14,16H2,1-2H3. The lowest BCUT2D eigenvalue weighted by atomic mass is 10.1. The van der Waals surface area contributed by atoms with E-state index in [1.807, 2.05) is 72.1 Å². The molecule has 3 heterocycles. The molecule has 0 bridgehead atoms. The first-order valence-electron chi connectivity index (χ1n) is 11.2. The van der Waals surface area contributed by atoms with Crippen molar-refractivity contribution in [1.29, 1.82) is 0 Å². The van der Waals surface area contributed by atoms with Crippen molar-refractivity contribution in [3.05, 3.63) is 101 Å². The third-order valence-corrected chi connectivity index (χ3v) is 5.54. The van der Waals surface area contributed by atoms with E-state index < -0.39 is 5.97 Å². The van der Waals surface area contributed by atoms with Crippen LogP contribution in [0.3, 0.4) is 0 Å². The van der Waals surface area contributed by atoms with Crippen LogP contribution in [0.25, 0.3) is 16.9 Å². The van der Waals surface area contributed by atoms with Gasteiger partial charge in [0.1, 0.15) is 11.5 Å². The molecule has 0 unspecified atom stereocenters. The molecule has 0 amide bonds. The van der Waals surface area contributed by atoms with Crippen LogP contribution in [-0.2, 0) is 24.1 Å². The Morgan fingerprint density at radius 2 is 1.71 bits per heavy atom. The van der Waals surface area contributed by atoms with Gasteiger partial charge in [-0.25, -0.2) is 9.97 Å². The molecule has 0 fully saturated rings. The molecule has 5 aromatic rings. The van der Waals surface area contributed by atoms with E-state index in [9.17, 15) is 4.79 Å². The van der Waals surface area contributed by atoms with E-state index in [0.717, 1.165) is 34.6 Å². The summed E-state index contributed by atoms with van der Waals surface area (Å²) in [6, 6.07) is 21.9. The summed E-state index contributed by atoms with van der Waals surface area (Å²) in [5, 5.41) is 4.07. The van der Waals surface area contributed by atoms with Gasteiger partial charge in [-0.1, -0.05) is 72.7 Å². The van der Waals surface area contributed by atoms with Crippen LogP contribution in [0.5, 0.6) is 5.88 Å². The summed E-state index contributed by atoms with van der Waals surface area (Å²) in [6.45, 7) is 3.40. The van der Waals surface area contributed by atoms with Crippen LogP contribution in [0.2, 0.25) is 0 Å². The average Bonchev–Trinajstić information content (AvgIpc) is 3.45. The smallest absolute Gasteiger partial charge is 0.309 e. The zero-order chi connectivity index (χ0) is 23.5. The fraction of sp³-hybridized carbons (Fsp3) is 0.185. The number of fused-ring (bicyclic) bond motifs is 1. The molecule has 5 rings (SSSR count). The summed E-state index contributed by atoms with van der Waals surface area (Å²) in [5.41, 5.74) is 5.74. The van der Waals surface area contributed by atoms with Crippen molar-refractivity contribution in [3.63, 3.8) is 0 Å². The Bertz CT molecular complexity index is 1440. The predicted molar refractivity (Wildman–Crippen MR) is 128 cm³/mol. The molecule has 7 nitrogen and oxygen atoms in total. The predicted octanol–water partition coefficient (Wildman–Crippen LogP) is 5.05. The maximum Gasteiger partial charge on any atom is 0.309 e. The summed E-state index contributed by atoms with van der Waals surface area (Å²) >= 11 is 0. The SMILES string of the molecule is CCc1cc(Cc2nc3c(Cc4ccccc4)nc(-c4ccccc4)cn3c2OC(C)=O)on1. The van der Waals surface area contributed by atoms with E-state index in [-0.39, 0.29) is 0 Å². The van der Waals surface area contributed by atoms with Gasteiger partial charge >= 0.3 is 5.97 Å². The van der Waals surface area contributed by atoms with Crippen LogP contribution < -0.4 is 4.74 Å². The van der Waals surface area contributed by atoms with Crippen molar-refractivity contribution in [3.8, 4) is 17.1 Å². The number of esters is 1. The van der Waals surface area contributed by atoms with Gasteiger partial charge in [0.15, 0.2) is 5.65 Å². The molecule has 0 spiro atoms. The van der Waals surface area contributed by atoms with Crippen LogP contribution in [0, 0.1) is 0 Å². The zero-order valence-corrected chi connectivity index (χ0v) is 19.1. The van der Waals surface area contributed by atoms with Gasteiger partial charge in [0, 0.05) is 31.2 Å². The number of carbonyl (C=O) groups is 1. The summed E-state index contributed by atoms with van der Waals surface area (Å²) in [7, 11) is 0. The number of rotatable bonds is 7. The molecule has 0 saturated heterocycles. The van der Waals surface area contributed by atoms with Crippen molar-refractivity contribution in [2.75, 3.05) is 0 Å². The van der Waals surface area contributed by atoms with Gasteiger partial charge in [-0.15, -0.1) is 0 Å². The quantitative estimate of drug-likeness (QED) is 0.321. The molecule has 0 aliphatic carbocycles. The van der Waals surface area contributed by atoms with Crippen LogP contribution in [0.4, 0.5) is 0 Å². The minimum absolute atomic E-state index is 0.350. The van der Waals surface area contributed by atoms with Gasteiger partial charge in [-0.05, 0) is 12.0 Å². The number of ether oxygens (including phenoxy) is 1. The van der Waals surface area contributed by atoms with E-state index in [1.54, 1.807) is 0 Å². The number of benzene rings is 2. The lowest BCUT2D eigenvalue weighted by Gasteiger charge is -2.10. The minimum Gasteiger partial charge on any atom is -0.407 e. The average molecular weight is 453 g/mol. The normalized spacial score (nSPS) is 11.1. The molecule has 0 N–H and O–H groups in total. The topological polar surface area (TPSA) is 82.5 Å². The van der Waals surface area contributed by atoms with Crippen molar-refractivity contribution >= 4 is 11.6 Å². The van der Waals surface area contributed by atoms with Crippen molar-refractivity contribution < 1.29 is 14.1 Å². The second-order valence-electron chi connectivity index (χ2n) is 8.07. The number of imidazole rings is 1. The molecular formula is C27H24N4O3. The number of aryl methyl sites for hydroxylation is 1. The van der Waals surface area contributed by atoms with Crippen molar-refractivity contribution in [2.24, 2.45) is 0 Å². The van der Waals surface area contributed by atoms with E-state index in [4.69, 9.17) is 19.2 Å². The summed E-state index contributed by atoms with van der Waals surface area (Å²) in [5.74, 6) is 0.609. The number of nitrogens with zero attached hydrogens (tertiary/aromatic N) is 4. The lowest BCUT2D eigenvalue weighted by Crippen LogP contribution is -2.07. The van der Waals surface area contributed by atoms with E-state index >= 15 is 0 Å². The highest BCUT2D eigenvalue weighted by Crippen LogP contribution is 2.29. The highest BCUT2D eigenvalue weighted by atomic mass is 16.5. The maximum absolute atomic E-state index is 12.0. The van der Waals surface area contributed by atoms with Crippen LogP contribution in [0.15, 0.2) is 77.4 Å². The molecule has 0 aliphatic heterocycles.